The number of aromatic nitrogens is 2. The summed E-state index contributed by atoms with van der Waals surface area (Å²) in [5, 5.41) is 22.4. The van der Waals surface area contributed by atoms with E-state index < -0.39 is 5.92 Å². The summed E-state index contributed by atoms with van der Waals surface area (Å²) < 4.78 is 0. The summed E-state index contributed by atoms with van der Waals surface area (Å²) in [5.74, 6) is -0.0344. The molecule has 0 spiro atoms. The smallest absolute Gasteiger partial charge is 0.277 e. The number of aromatic amines is 1. The zero-order valence-electron chi connectivity index (χ0n) is 12.3. The molecule has 1 unspecified atom stereocenters. The zero-order chi connectivity index (χ0) is 16.6. The minimum atomic E-state index is -0.618. The number of halogens is 2. The van der Waals surface area contributed by atoms with Crippen LogP contribution in [0.2, 0.25) is 10.0 Å². The van der Waals surface area contributed by atoms with Crippen LogP contribution in [0.1, 0.15) is 36.8 Å². The Hall–Kier alpha value is -2.05. The summed E-state index contributed by atoms with van der Waals surface area (Å²) >= 11 is 12.4. The van der Waals surface area contributed by atoms with E-state index in [-0.39, 0.29) is 10.6 Å². The first kappa shape index (κ1) is 15.8. The van der Waals surface area contributed by atoms with Crippen molar-refractivity contribution in [3.63, 3.8) is 0 Å². The molecular formula is C15H14Cl2N4O2. The van der Waals surface area contributed by atoms with E-state index in [1.807, 2.05) is 6.92 Å². The predicted molar refractivity (Wildman–Crippen MR) is 89.4 cm³/mol. The van der Waals surface area contributed by atoms with Crippen LogP contribution in [0.15, 0.2) is 35.8 Å². The molecule has 1 aliphatic heterocycles. The van der Waals surface area contributed by atoms with Crippen LogP contribution in [0, 0.1) is 10.1 Å². The molecule has 0 amide bonds. The van der Waals surface area contributed by atoms with Crippen molar-refractivity contribution in [1.29, 1.82) is 0 Å². The van der Waals surface area contributed by atoms with E-state index in [9.17, 15) is 10.1 Å². The van der Waals surface area contributed by atoms with Gasteiger partial charge < -0.3 is 5.32 Å². The molecule has 120 valence electrons. The molecule has 0 radical (unpaired) electrons. The van der Waals surface area contributed by atoms with Gasteiger partial charge in [0.25, 0.3) is 5.70 Å². The van der Waals surface area contributed by atoms with Crippen LogP contribution in [-0.4, -0.2) is 15.1 Å². The Bertz CT molecular complexity index is 801. The van der Waals surface area contributed by atoms with Gasteiger partial charge in [-0.3, -0.25) is 15.2 Å². The molecule has 2 heterocycles. The molecule has 2 aromatic rings. The number of allylic oxidation sites excluding steroid dienone is 2. The van der Waals surface area contributed by atoms with Crippen LogP contribution in [0.4, 0.5) is 5.82 Å². The third-order valence-electron chi connectivity index (χ3n) is 3.82. The van der Waals surface area contributed by atoms with E-state index in [1.165, 1.54) is 0 Å². The van der Waals surface area contributed by atoms with E-state index in [4.69, 9.17) is 23.2 Å². The third kappa shape index (κ3) is 2.68. The lowest BCUT2D eigenvalue weighted by atomic mass is 9.86. The normalized spacial score (nSPS) is 16.9. The molecule has 0 saturated heterocycles. The van der Waals surface area contributed by atoms with Crippen molar-refractivity contribution in [3.8, 4) is 0 Å². The maximum atomic E-state index is 11.8. The van der Waals surface area contributed by atoms with Crippen LogP contribution in [0.5, 0.6) is 0 Å². The number of fused-ring (bicyclic) bond motifs is 1. The fourth-order valence-corrected chi connectivity index (χ4v) is 3.28. The molecule has 0 bridgehead atoms. The highest BCUT2D eigenvalue weighted by atomic mass is 35.5. The average molecular weight is 353 g/mol. The monoisotopic (exact) mass is 352 g/mol. The van der Waals surface area contributed by atoms with Gasteiger partial charge in [-0.1, -0.05) is 48.7 Å². The minimum Gasteiger partial charge on any atom is -0.337 e. The van der Waals surface area contributed by atoms with Gasteiger partial charge in [0, 0.05) is 11.8 Å². The number of benzene rings is 1. The highest BCUT2D eigenvalue weighted by Gasteiger charge is 2.39. The lowest BCUT2D eigenvalue weighted by Gasteiger charge is -2.24. The Morgan fingerprint density at radius 2 is 2.13 bits per heavy atom. The fourth-order valence-electron chi connectivity index (χ4n) is 2.86. The van der Waals surface area contributed by atoms with Crippen LogP contribution in [0.3, 0.4) is 0 Å². The first-order chi connectivity index (χ1) is 11.0. The van der Waals surface area contributed by atoms with Crippen molar-refractivity contribution >= 4 is 29.0 Å². The van der Waals surface area contributed by atoms with Gasteiger partial charge in [-0.2, -0.15) is 5.10 Å². The van der Waals surface area contributed by atoms with Crippen LogP contribution < -0.4 is 5.32 Å². The first-order valence-electron chi connectivity index (χ1n) is 7.16. The topological polar surface area (TPSA) is 83.8 Å². The fraction of sp³-hybridized carbons (Fsp3) is 0.267. The largest absolute Gasteiger partial charge is 0.337 e. The van der Waals surface area contributed by atoms with Crippen molar-refractivity contribution in [3.05, 3.63) is 67.1 Å². The second-order valence-electron chi connectivity index (χ2n) is 5.26. The SMILES string of the molecule is CCCC1=C([N+](=O)[O-])C(c2cccc(Cl)c2Cl)c2c[nH]nc2N1. The van der Waals surface area contributed by atoms with Gasteiger partial charge >= 0.3 is 0 Å². The Morgan fingerprint density at radius 1 is 1.35 bits per heavy atom. The van der Waals surface area contributed by atoms with Gasteiger partial charge in [-0.15, -0.1) is 0 Å². The van der Waals surface area contributed by atoms with Crippen LogP contribution in [0.25, 0.3) is 0 Å². The number of nitro groups is 1. The molecule has 6 nitrogen and oxygen atoms in total. The summed E-state index contributed by atoms with van der Waals surface area (Å²) in [7, 11) is 0. The van der Waals surface area contributed by atoms with Gasteiger partial charge in [0.1, 0.15) is 5.92 Å². The van der Waals surface area contributed by atoms with Gasteiger partial charge in [0.15, 0.2) is 5.82 Å². The van der Waals surface area contributed by atoms with E-state index in [0.29, 0.717) is 39.1 Å². The van der Waals surface area contributed by atoms with Gasteiger partial charge in [0.05, 0.1) is 20.7 Å². The number of nitrogens with one attached hydrogen (secondary N) is 2. The molecule has 1 aromatic carbocycles. The number of anilines is 1. The predicted octanol–water partition coefficient (Wildman–Crippen LogP) is 4.56. The standard InChI is InChI=1S/C15H14Cl2N4O2/c1-2-4-11-14(21(22)23)12(9-7-18-20-15(9)19-11)8-5-3-6-10(16)13(8)17/h3,5-7,12H,2,4H2,1H3,(H2,18,19,20). The number of nitrogens with zero attached hydrogens (tertiary/aromatic N) is 2. The summed E-state index contributed by atoms with van der Waals surface area (Å²) in [5.41, 5.74) is 1.92. The van der Waals surface area contributed by atoms with Crippen molar-refractivity contribution in [2.24, 2.45) is 0 Å². The molecule has 0 fully saturated rings. The minimum absolute atomic E-state index is 0.0879. The molecule has 1 aliphatic rings. The number of hydrogen-bond acceptors (Lipinski definition) is 4. The maximum Gasteiger partial charge on any atom is 0.277 e. The average Bonchev–Trinajstić information content (AvgIpc) is 2.97. The van der Waals surface area contributed by atoms with Crippen molar-refractivity contribution in [2.45, 2.75) is 25.7 Å². The molecule has 0 saturated carbocycles. The molecule has 1 aromatic heterocycles. The Morgan fingerprint density at radius 3 is 2.83 bits per heavy atom. The maximum absolute atomic E-state index is 11.8. The van der Waals surface area contributed by atoms with Crippen LogP contribution in [-0.2, 0) is 0 Å². The van der Waals surface area contributed by atoms with Crippen molar-refractivity contribution in [2.75, 3.05) is 5.32 Å². The van der Waals surface area contributed by atoms with E-state index >= 15 is 0 Å². The highest BCUT2D eigenvalue weighted by molar-refractivity contribution is 6.42. The number of rotatable bonds is 4. The molecule has 3 rings (SSSR count). The van der Waals surface area contributed by atoms with E-state index in [1.54, 1.807) is 24.4 Å². The summed E-state index contributed by atoms with van der Waals surface area (Å²) in [6, 6.07) is 5.16. The summed E-state index contributed by atoms with van der Waals surface area (Å²) in [6.45, 7) is 1.97. The lowest BCUT2D eigenvalue weighted by Crippen LogP contribution is -2.23. The lowest BCUT2D eigenvalue weighted by molar-refractivity contribution is -0.430. The van der Waals surface area contributed by atoms with Crippen molar-refractivity contribution in [1.82, 2.24) is 10.2 Å². The summed E-state index contributed by atoms with van der Waals surface area (Å²) in [4.78, 5) is 11.4. The Labute approximate surface area is 142 Å². The Kier molecular flexibility index (Phi) is 4.28. The first-order valence-corrected chi connectivity index (χ1v) is 7.92. The number of H-pyrrole nitrogens is 1. The Balaban J connectivity index is 2.26. The molecular weight excluding hydrogens is 339 g/mol. The summed E-state index contributed by atoms with van der Waals surface area (Å²) in [6.07, 6.45) is 2.98. The third-order valence-corrected chi connectivity index (χ3v) is 4.66. The molecule has 8 heteroatoms. The zero-order valence-corrected chi connectivity index (χ0v) is 13.8. The second-order valence-corrected chi connectivity index (χ2v) is 6.05. The molecule has 2 N–H and O–H groups in total. The molecule has 1 atom stereocenters. The van der Waals surface area contributed by atoms with Crippen molar-refractivity contribution < 1.29 is 4.92 Å². The highest BCUT2D eigenvalue weighted by Crippen LogP contribution is 2.45. The number of hydrogen-bond donors (Lipinski definition) is 2. The van der Waals surface area contributed by atoms with Gasteiger partial charge in [-0.05, 0) is 18.1 Å². The van der Waals surface area contributed by atoms with E-state index in [2.05, 4.69) is 15.5 Å². The van der Waals surface area contributed by atoms with E-state index in [0.717, 1.165) is 6.42 Å². The molecule has 23 heavy (non-hydrogen) atoms. The second kappa shape index (κ2) is 6.22. The van der Waals surface area contributed by atoms with Gasteiger partial charge in [0.2, 0.25) is 0 Å². The van der Waals surface area contributed by atoms with Gasteiger partial charge in [-0.25, -0.2) is 0 Å². The molecule has 0 aliphatic carbocycles. The van der Waals surface area contributed by atoms with Crippen LogP contribution >= 0.6 is 23.2 Å². The quantitative estimate of drug-likeness (QED) is 0.623.